The molecule has 1 amide bonds. The lowest BCUT2D eigenvalue weighted by Crippen LogP contribution is -2.20. The summed E-state index contributed by atoms with van der Waals surface area (Å²) >= 11 is 0. The Labute approximate surface area is 175 Å². The quantitative estimate of drug-likeness (QED) is 0.171. The summed E-state index contributed by atoms with van der Waals surface area (Å²) in [6.07, 6.45) is 1.23. The second kappa shape index (κ2) is 7.91. The van der Waals surface area contributed by atoms with Crippen LogP contribution in [-0.2, 0) is 0 Å². The van der Waals surface area contributed by atoms with E-state index in [-0.39, 0.29) is 11.7 Å². The highest BCUT2D eigenvalue weighted by Gasteiger charge is 2.33. The van der Waals surface area contributed by atoms with Crippen molar-refractivity contribution < 1.29 is 4.79 Å². The lowest BCUT2D eigenvalue weighted by atomic mass is 9.98. The fraction of sp³-hybridized carbons (Fsp3) is 0.167. The lowest BCUT2D eigenvalue weighted by Gasteiger charge is -2.14. The van der Waals surface area contributed by atoms with Gasteiger partial charge in [0.05, 0.1) is 5.69 Å². The maximum Gasteiger partial charge on any atom is 0.255 e. The van der Waals surface area contributed by atoms with Crippen molar-refractivity contribution in [3.8, 4) is 11.1 Å². The predicted octanol–water partition coefficient (Wildman–Crippen LogP) is 3.89. The zero-order chi connectivity index (χ0) is 21.3. The zero-order valence-corrected chi connectivity index (χ0v) is 16.8. The Morgan fingerprint density at radius 2 is 1.77 bits per heavy atom. The van der Waals surface area contributed by atoms with Crippen molar-refractivity contribution in [1.82, 2.24) is 0 Å². The normalized spacial score (nSPS) is 18.1. The van der Waals surface area contributed by atoms with Gasteiger partial charge >= 0.3 is 0 Å². The Kier molecular flexibility index (Phi) is 5.14. The Bertz CT molecular complexity index is 1140. The zero-order valence-electron chi connectivity index (χ0n) is 16.8. The molecule has 0 aromatic heterocycles. The molecule has 1 fully saturated rings. The van der Waals surface area contributed by atoms with Crippen molar-refractivity contribution in [2.75, 3.05) is 11.1 Å². The topological polar surface area (TPSA) is 120 Å². The van der Waals surface area contributed by atoms with Crippen LogP contribution < -0.4 is 22.6 Å². The van der Waals surface area contributed by atoms with Crippen molar-refractivity contribution in [2.24, 2.45) is 22.6 Å². The van der Waals surface area contributed by atoms with Crippen molar-refractivity contribution >= 4 is 23.1 Å². The summed E-state index contributed by atoms with van der Waals surface area (Å²) in [5, 5.41) is 6.52. The van der Waals surface area contributed by atoms with Crippen molar-refractivity contribution in [1.29, 1.82) is 0 Å². The number of amides is 1. The largest absolute Gasteiger partial charge is 0.399 e. The minimum atomic E-state index is -0.286. The van der Waals surface area contributed by atoms with E-state index in [9.17, 15) is 4.79 Å². The van der Waals surface area contributed by atoms with Gasteiger partial charge in [0.15, 0.2) is 5.84 Å². The molecule has 152 valence electrons. The fourth-order valence-electron chi connectivity index (χ4n) is 3.73. The Hall–Kier alpha value is -3.80. The molecule has 0 aliphatic heterocycles. The van der Waals surface area contributed by atoms with Crippen molar-refractivity contribution in [3.05, 3.63) is 83.4 Å². The average Bonchev–Trinajstić information content (AvgIpc) is 3.50. The first-order valence-electron chi connectivity index (χ1n) is 9.91. The first-order valence-corrected chi connectivity index (χ1v) is 9.91. The van der Waals surface area contributed by atoms with E-state index in [0.29, 0.717) is 28.4 Å². The van der Waals surface area contributed by atoms with E-state index in [0.717, 1.165) is 17.0 Å². The van der Waals surface area contributed by atoms with Crippen LogP contribution in [0.3, 0.4) is 0 Å². The first kappa shape index (κ1) is 19.5. The molecular formula is C24H25N5O. The highest BCUT2D eigenvalue weighted by Crippen LogP contribution is 2.47. The van der Waals surface area contributed by atoms with Gasteiger partial charge in [0, 0.05) is 16.8 Å². The van der Waals surface area contributed by atoms with Crippen LogP contribution >= 0.6 is 0 Å². The third-order valence-corrected chi connectivity index (χ3v) is 5.59. The number of benzene rings is 3. The SMILES string of the molecule is CC1C[C@@H]1c1cccc(-c2ccc(/C(N)=N/N)c(NC(=O)c3cccc(N)c3)c2)c1. The maximum atomic E-state index is 12.8. The summed E-state index contributed by atoms with van der Waals surface area (Å²) in [5.74, 6) is 6.61. The third kappa shape index (κ3) is 3.98. The number of nitrogens with zero attached hydrogens (tertiary/aromatic N) is 1. The van der Waals surface area contributed by atoms with Gasteiger partial charge in [-0.15, -0.1) is 0 Å². The Morgan fingerprint density at radius 1 is 1.03 bits per heavy atom. The number of hydrogen-bond acceptors (Lipinski definition) is 4. The maximum absolute atomic E-state index is 12.8. The van der Waals surface area contributed by atoms with E-state index in [1.165, 1.54) is 12.0 Å². The number of nitrogens with one attached hydrogen (secondary N) is 1. The van der Waals surface area contributed by atoms with E-state index in [1.807, 2.05) is 18.2 Å². The van der Waals surface area contributed by atoms with Gasteiger partial charge in [-0.25, -0.2) is 0 Å². The summed E-state index contributed by atoms with van der Waals surface area (Å²) in [5.41, 5.74) is 17.2. The van der Waals surface area contributed by atoms with E-state index < -0.39 is 0 Å². The van der Waals surface area contributed by atoms with Crippen LogP contribution in [-0.4, -0.2) is 11.7 Å². The molecular weight excluding hydrogens is 374 g/mol. The molecule has 1 saturated carbocycles. The summed E-state index contributed by atoms with van der Waals surface area (Å²) in [6.45, 7) is 2.27. The standard InChI is InChI=1S/C24H25N5O/c1-14-10-21(14)17-5-2-4-15(11-17)16-8-9-20(23(26)29-27)22(13-16)28-24(30)18-6-3-7-19(25)12-18/h2-9,11-14,21H,10,25,27H2,1H3,(H2,26,29)(H,28,30)/t14?,21-/m0/s1. The van der Waals surface area contributed by atoms with Gasteiger partial charge in [-0.3, -0.25) is 4.79 Å². The summed E-state index contributed by atoms with van der Waals surface area (Å²) < 4.78 is 0. The number of nitrogens with two attached hydrogens (primary N) is 3. The number of hydrogen-bond donors (Lipinski definition) is 4. The predicted molar refractivity (Wildman–Crippen MR) is 122 cm³/mol. The fourth-order valence-corrected chi connectivity index (χ4v) is 3.73. The van der Waals surface area contributed by atoms with E-state index in [2.05, 4.69) is 41.6 Å². The molecule has 7 N–H and O–H groups in total. The van der Waals surface area contributed by atoms with Crippen LogP contribution in [0.4, 0.5) is 11.4 Å². The van der Waals surface area contributed by atoms with Gasteiger partial charge in [0.1, 0.15) is 0 Å². The molecule has 2 atom stereocenters. The van der Waals surface area contributed by atoms with Gasteiger partial charge in [-0.05, 0) is 65.3 Å². The van der Waals surface area contributed by atoms with Crippen LogP contribution in [0.2, 0.25) is 0 Å². The molecule has 1 aliphatic rings. The second-order valence-corrected chi connectivity index (χ2v) is 7.80. The molecule has 4 rings (SSSR count). The average molecular weight is 399 g/mol. The minimum Gasteiger partial charge on any atom is -0.399 e. The molecule has 0 radical (unpaired) electrons. The first-order chi connectivity index (χ1) is 14.5. The van der Waals surface area contributed by atoms with Crippen LogP contribution in [0.15, 0.2) is 71.8 Å². The number of carbonyl (C=O) groups is 1. The van der Waals surface area contributed by atoms with Gasteiger partial charge in [-0.2, -0.15) is 5.10 Å². The molecule has 0 bridgehead atoms. The van der Waals surface area contributed by atoms with Crippen LogP contribution in [0, 0.1) is 5.92 Å². The number of nitrogen functional groups attached to an aromatic ring is 1. The van der Waals surface area contributed by atoms with Crippen LogP contribution in [0.1, 0.15) is 40.7 Å². The van der Waals surface area contributed by atoms with Gasteiger partial charge in [0.2, 0.25) is 0 Å². The van der Waals surface area contributed by atoms with Gasteiger partial charge < -0.3 is 22.6 Å². The molecule has 6 nitrogen and oxygen atoms in total. The molecule has 6 heteroatoms. The monoisotopic (exact) mass is 399 g/mol. The smallest absolute Gasteiger partial charge is 0.255 e. The molecule has 0 saturated heterocycles. The van der Waals surface area contributed by atoms with Gasteiger partial charge in [-0.1, -0.05) is 43.3 Å². The number of anilines is 2. The van der Waals surface area contributed by atoms with Crippen molar-refractivity contribution in [2.45, 2.75) is 19.3 Å². The Balaban J connectivity index is 1.70. The molecule has 0 spiro atoms. The highest BCUT2D eigenvalue weighted by atomic mass is 16.1. The van der Waals surface area contributed by atoms with Crippen molar-refractivity contribution in [3.63, 3.8) is 0 Å². The van der Waals surface area contributed by atoms with E-state index in [1.54, 1.807) is 24.3 Å². The van der Waals surface area contributed by atoms with E-state index in [4.69, 9.17) is 17.3 Å². The van der Waals surface area contributed by atoms with E-state index >= 15 is 0 Å². The molecule has 0 heterocycles. The van der Waals surface area contributed by atoms with Gasteiger partial charge in [0.25, 0.3) is 5.91 Å². The lowest BCUT2D eigenvalue weighted by molar-refractivity contribution is 0.102. The molecule has 30 heavy (non-hydrogen) atoms. The number of rotatable bonds is 5. The highest BCUT2D eigenvalue weighted by molar-refractivity contribution is 6.10. The summed E-state index contributed by atoms with van der Waals surface area (Å²) in [7, 11) is 0. The third-order valence-electron chi connectivity index (χ3n) is 5.59. The second-order valence-electron chi connectivity index (χ2n) is 7.80. The van der Waals surface area contributed by atoms with Crippen LogP contribution in [0.5, 0.6) is 0 Å². The molecule has 1 aliphatic carbocycles. The molecule has 3 aromatic rings. The summed E-state index contributed by atoms with van der Waals surface area (Å²) in [6, 6.07) is 21.0. The minimum absolute atomic E-state index is 0.144. The number of hydrazone groups is 1. The Morgan fingerprint density at radius 3 is 2.47 bits per heavy atom. The van der Waals surface area contributed by atoms with Crippen LogP contribution in [0.25, 0.3) is 11.1 Å². The molecule has 3 aromatic carbocycles. The summed E-state index contributed by atoms with van der Waals surface area (Å²) in [4.78, 5) is 12.8. The number of amidine groups is 1. The number of carbonyl (C=O) groups excluding carboxylic acids is 1. The molecule has 1 unspecified atom stereocenters.